The van der Waals surface area contributed by atoms with Crippen LogP contribution in [0.1, 0.15) is 63.9 Å². The number of carbonyl (C=O) groups is 2. The molecule has 0 fully saturated rings. The highest BCUT2D eigenvalue weighted by Crippen LogP contribution is 2.27. The van der Waals surface area contributed by atoms with Crippen LogP contribution in [0.5, 0.6) is 0 Å². The third kappa shape index (κ3) is 6.62. The predicted molar refractivity (Wildman–Crippen MR) is 107 cm³/mol. The maximum atomic E-state index is 12.0. The number of ketones is 1. The number of Topliss-reactive ketones (excluding diaryl/α,β-unsaturated/α-hetero) is 1. The van der Waals surface area contributed by atoms with E-state index in [0.717, 1.165) is 51.5 Å². The number of hydrogen-bond acceptors (Lipinski definition) is 3. The van der Waals surface area contributed by atoms with Crippen LogP contribution in [0.4, 0.5) is 0 Å². The molecule has 1 aliphatic carbocycles. The summed E-state index contributed by atoms with van der Waals surface area (Å²) >= 11 is 0. The molecule has 0 amide bonds. The first kappa shape index (κ1) is 20.2. The second kappa shape index (κ2) is 11.5. The molecule has 0 heterocycles. The van der Waals surface area contributed by atoms with Gasteiger partial charge in [0.25, 0.3) is 0 Å². The zero-order valence-electron chi connectivity index (χ0n) is 16.0. The molecule has 1 aromatic carbocycles. The maximum absolute atomic E-state index is 12.0. The van der Waals surface area contributed by atoms with Crippen LogP contribution in [-0.4, -0.2) is 23.5 Å². The zero-order valence-corrected chi connectivity index (χ0v) is 16.0. The Morgan fingerprint density at radius 3 is 2.69 bits per heavy atom. The summed E-state index contributed by atoms with van der Waals surface area (Å²) in [4.78, 5) is 25.0. The van der Waals surface area contributed by atoms with Gasteiger partial charge in [-0.3, -0.25) is 4.79 Å². The second-order valence-corrected chi connectivity index (χ2v) is 6.92. The second-order valence-electron chi connectivity index (χ2n) is 6.92. The third-order valence-electron chi connectivity index (χ3n) is 4.86. The highest BCUT2D eigenvalue weighted by molar-refractivity contribution is 5.80. The number of nitrogens with zero attached hydrogens (tertiary/aromatic N) is 1. The van der Waals surface area contributed by atoms with Crippen molar-refractivity contribution in [2.75, 3.05) is 6.54 Å². The standard InChI is InChI=1S/C23H31NO2/c1-2-22(26)18-21-14-8-9-15-23(21)24(16-10-3-4-11-17-25)19-20-12-6-5-7-13-20/h5-7,9,12-13,15,17H,2-4,8,10-11,14,16,18-19H2,1H3. The van der Waals surface area contributed by atoms with E-state index in [1.165, 1.54) is 16.8 Å². The molecule has 0 aliphatic heterocycles. The molecule has 0 bridgehead atoms. The SMILES string of the molecule is CCC(=O)CC1=C(N(CCCCCC=O)Cc2ccccc2)C=CCC1. The molecule has 1 aliphatic rings. The molecule has 0 unspecified atom stereocenters. The Morgan fingerprint density at radius 2 is 1.96 bits per heavy atom. The van der Waals surface area contributed by atoms with Crippen LogP contribution in [0.25, 0.3) is 0 Å². The Morgan fingerprint density at radius 1 is 1.15 bits per heavy atom. The Hall–Kier alpha value is -2.16. The molecule has 0 atom stereocenters. The molecule has 26 heavy (non-hydrogen) atoms. The van der Waals surface area contributed by atoms with Crippen molar-refractivity contribution in [2.24, 2.45) is 0 Å². The van der Waals surface area contributed by atoms with Crippen LogP contribution >= 0.6 is 0 Å². The summed E-state index contributed by atoms with van der Waals surface area (Å²) in [6.45, 7) is 3.76. The lowest BCUT2D eigenvalue weighted by atomic mass is 9.95. The Bertz CT molecular complexity index is 631. The minimum atomic E-state index is 0.318. The van der Waals surface area contributed by atoms with E-state index in [1.54, 1.807) is 0 Å². The summed E-state index contributed by atoms with van der Waals surface area (Å²) in [7, 11) is 0. The van der Waals surface area contributed by atoms with Gasteiger partial charge in [0.1, 0.15) is 12.1 Å². The molecule has 0 aromatic heterocycles. The molecule has 0 N–H and O–H groups in total. The minimum absolute atomic E-state index is 0.318. The molecular weight excluding hydrogens is 322 g/mol. The summed E-state index contributed by atoms with van der Waals surface area (Å²) in [5, 5.41) is 0. The van der Waals surface area contributed by atoms with Crippen molar-refractivity contribution >= 4 is 12.1 Å². The van der Waals surface area contributed by atoms with Crippen molar-refractivity contribution in [3.8, 4) is 0 Å². The molecule has 0 saturated heterocycles. The van der Waals surface area contributed by atoms with Crippen molar-refractivity contribution in [1.82, 2.24) is 4.90 Å². The van der Waals surface area contributed by atoms with Crippen molar-refractivity contribution < 1.29 is 9.59 Å². The molecule has 2 rings (SSSR count). The van der Waals surface area contributed by atoms with Gasteiger partial charge in [0.05, 0.1) is 0 Å². The monoisotopic (exact) mass is 353 g/mol. The normalized spacial score (nSPS) is 13.7. The first-order valence-corrected chi connectivity index (χ1v) is 9.87. The van der Waals surface area contributed by atoms with E-state index < -0.39 is 0 Å². The van der Waals surface area contributed by atoms with Gasteiger partial charge < -0.3 is 9.69 Å². The van der Waals surface area contributed by atoms with Crippen LogP contribution in [0.15, 0.2) is 53.8 Å². The van der Waals surface area contributed by atoms with Gasteiger partial charge >= 0.3 is 0 Å². The lowest BCUT2D eigenvalue weighted by Crippen LogP contribution is -2.25. The minimum Gasteiger partial charge on any atom is -0.367 e. The maximum Gasteiger partial charge on any atom is 0.136 e. The largest absolute Gasteiger partial charge is 0.367 e. The number of rotatable bonds is 12. The van der Waals surface area contributed by atoms with E-state index in [0.29, 0.717) is 25.0 Å². The lowest BCUT2D eigenvalue weighted by molar-refractivity contribution is -0.118. The summed E-state index contributed by atoms with van der Waals surface area (Å²) in [6.07, 6.45) is 12.3. The molecular formula is C23H31NO2. The fourth-order valence-corrected chi connectivity index (χ4v) is 3.37. The van der Waals surface area contributed by atoms with E-state index >= 15 is 0 Å². The average Bonchev–Trinajstić information content (AvgIpc) is 2.68. The summed E-state index contributed by atoms with van der Waals surface area (Å²) in [6, 6.07) is 10.5. The third-order valence-corrected chi connectivity index (χ3v) is 4.86. The van der Waals surface area contributed by atoms with E-state index in [-0.39, 0.29) is 0 Å². The van der Waals surface area contributed by atoms with Crippen molar-refractivity contribution in [1.29, 1.82) is 0 Å². The van der Waals surface area contributed by atoms with Gasteiger partial charge in [0.2, 0.25) is 0 Å². The number of benzene rings is 1. The van der Waals surface area contributed by atoms with Gasteiger partial charge in [-0.05, 0) is 42.9 Å². The van der Waals surface area contributed by atoms with Crippen LogP contribution in [0.3, 0.4) is 0 Å². The van der Waals surface area contributed by atoms with Gasteiger partial charge in [0, 0.05) is 38.0 Å². The van der Waals surface area contributed by atoms with Gasteiger partial charge in [-0.1, -0.05) is 49.8 Å². The highest BCUT2D eigenvalue weighted by atomic mass is 16.1. The summed E-state index contributed by atoms with van der Waals surface area (Å²) < 4.78 is 0. The number of carbonyl (C=O) groups excluding carboxylic acids is 2. The Kier molecular flexibility index (Phi) is 8.88. The van der Waals surface area contributed by atoms with Gasteiger partial charge in [-0.15, -0.1) is 0 Å². The fourth-order valence-electron chi connectivity index (χ4n) is 3.37. The van der Waals surface area contributed by atoms with Crippen molar-refractivity contribution in [2.45, 2.75) is 64.8 Å². The van der Waals surface area contributed by atoms with E-state index in [2.05, 4.69) is 41.3 Å². The lowest BCUT2D eigenvalue weighted by Gasteiger charge is -2.30. The van der Waals surface area contributed by atoms with Crippen LogP contribution in [0, 0.1) is 0 Å². The van der Waals surface area contributed by atoms with E-state index in [9.17, 15) is 9.59 Å². The molecule has 3 heteroatoms. The summed E-state index contributed by atoms with van der Waals surface area (Å²) in [5.41, 5.74) is 3.80. The molecule has 0 radical (unpaired) electrons. The first-order chi connectivity index (χ1) is 12.7. The van der Waals surface area contributed by atoms with Crippen LogP contribution < -0.4 is 0 Å². The summed E-state index contributed by atoms with van der Waals surface area (Å²) in [5.74, 6) is 0.318. The van der Waals surface area contributed by atoms with Gasteiger partial charge in [-0.25, -0.2) is 0 Å². The smallest absolute Gasteiger partial charge is 0.136 e. The molecule has 0 spiro atoms. The van der Waals surface area contributed by atoms with Crippen LogP contribution in [0.2, 0.25) is 0 Å². The fraction of sp³-hybridized carbons (Fsp3) is 0.478. The Balaban J connectivity index is 2.14. The van der Waals surface area contributed by atoms with Crippen molar-refractivity contribution in [3.63, 3.8) is 0 Å². The number of allylic oxidation sites excluding steroid dienone is 3. The zero-order chi connectivity index (χ0) is 18.6. The first-order valence-electron chi connectivity index (χ1n) is 9.87. The molecule has 3 nitrogen and oxygen atoms in total. The quantitative estimate of drug-likeness (QED) is 0.382. The van der Waals surface area contributed by atoms with Gasteiger partial charge in [0.15, 0.2) is 0 Å². The highest BCUT2D eigenvalue weighted by Gasteiger charge is 2.17. The molecule has 0 saturated carbocycles. The van der Waals surface area contributed by atoms with E-state index in [4.69, 9.17) is 0 Å². The average molecular weight is 354 g/mol. The predicted octanol–water partition coefficient (Wildman–Crippen LogP) is 5.22. The van der Waals surface area contributed by atoms with Crippen molar-refractivity contribution in [3.05, 3.63) is 59.3 Å². The Labute approximate surface area is 157 Å². The number of aldehydes is 1. The van der Waals surface area contributed by atoms with E-state index in [1.807, 2.05) is 13.0 Å². The van der Waals surface area contributed by atoms with Crippen LogP contribution in [-0.2, 0) is 16.1 Å². The number of hydrogen-bond donors (Lipinski definition) is 0. The topological polar surface area (TPSA) is 37.4 Å². The molecule has 140 valence electrons. The molecule has 1 aromatic rings. The van der Waals surface area contributed by atoms with Gasteiger partial charge in [-0.2, -0.15) is 0 Å². The number of unbranched alkanes of at least 4 members (excludes halogenated alkanes) is 3.